The van der Waals surface area contributed by atoms with Gasteiger partial charge in [0.05, 0.1) is 0 Å². The first-order valence-corrected chi connectivity index (χ1v) is 9.20. The third-order valence-electron chi connectivity index (χ3n) is 3.47. The molecule has 0 heterocycles. The molecule has 0 aliphatic rings. The summed E-state index contributed by atoms with van der Waals surface area (Å²) in [5.74, 6) is 0. The van der Waals surface area contributed by atoms with Gasteiger partial charge in [-0.25, -0.2) is 0 Å². The molecule has 0 N–H and O–H groups in total. The van der Waals surface area contributed by atoms with Crippen LogP contribution in [-0.4, -0.2) is 11.6 Å². The van der Waals surface area contributed by atoms with E-state index in [1.807, 2.05) is 6.08 Å². The van der Waals surface area contributed by atoms with E-state index in [-0.39, 0.29) is 0 Å². The molecule has 0 aromatic rings. The number of unbranched alkanes of at least 4 members (excludes halogenated alkanes) is 12. The minimum atomic E-state index is 0.861. The molecule has 0 bridgehead atoms. The molecule has 0 rings (SSSR count). The van der Waals surface area contributed by atoms with Crippen molar-refractivity contribution in [2.45, 2.75) is 83.5 Å². The van der Waals surface area contributed by atoms with Crippen LogP contribution in [0.5, 0.6) is 0 Å². The Balaban J connectivity index is 2.95. The maximum absolute atomic E-state index is 10.0. The van der Waals surface area contributed by atoms with Crippen LogP contribution in [-0.2, 0) is 4.79 Å². The highest BCUT2D eigenvalue weighted by Gasteiger charge is 1.93. The molecule has 0 aromatic carbocycles. The molecular formula is C17H31BrO. The minimum absolute atomic E-state index is 0.861. The zero-order chi connectivity index (χ0) is 14.0. The number of allylic oxidation sites excluding steroid dienone is 2. The van der Waals surface area contributed by atoms with Crippen molar-refractivity contribution in [3.8, 4) is 0 Å². The molecule has 0 fully saturated rings. The van der Waals surface area contributed by atoms with Crippen LogP contribution in [0.25, 0.3) is 0 Å². The molecule has 0 aliphatic carbocycles. The summed E-state index contributed by atoms with van der Waals surface area (Å²) in [7, 11) is 0. The second-order valence-electron chi connectivity index (χ2n) is 5.28. The van der Waals surface area contributed by atoms with Gasteiger partial charge in [-0.2, -0.15) is 0 Å². The van der Waals surface area contributed by atoms with Gasteiger partial charge in [-0.15, -0.1) is 0 Å². The Morgan fingerprint density at radius 3 is 1.47 bits per heavy atom. The number of rotatable bonds is 15. The van der Waals surface area contributed by atoms with Gasteiger partial charge in [-0.05, 0) is 25.3 Å². The van der Waals surface area contributed by atoms with Gasteiger partial charge >= 0.3 is 0 Å². The van der Waals surface area contributed by atoms with E-state index in [0.717, 1.165) is 18.0 Å². The standard InChI is InChI=1S/C17H31BrO/c18-16-14-12-10-8-6-4-2-1-3-5-7-9-11-13-15-17-19/h13,15,17H,1-12,14,16H2/b15-13+. The van der Waals surface area contributed by atoms with Crippen LogP contribution in [0.3, 0.4) is 0 Å². The molecule has 0 saturated heterocycles. The summed E-state index contributed by atoms with van der Waals surface area (Å²) in [5, 5.41) is 1.16. The normalized spacial score (nSPS) is 11.2. The highest BCUT2D eigenvalue weighted by atomic mass is 79.9. The average Bonchev–Trinajstić information content (AvgIpc) is 2.43. The van der Waals surface area contributed by atoms with Crippen LogP contribution in [0.1, 0.15) is 83.5 Å². The van der Waals surface area contributed by atoms with E-state index < -0.39 is 0 Å². The molecule has 1 nitrogen and oxygen atoms in total. The number of aldehydes is 1. The molecule has 19 heavy (non-hydrogen) atoms. The summed E-state index contributed by atoms with van der Waals surface area (Å²) >= 11 is 3.47. The number of hydrogen-bond donors (Lipinski definition) is 0. The second kappa shape index (κ2) is 17.9. The van der Waals surface area contributed by atoms with E-state index in [2.05, 4.69) is 15.9 Å². The molecule has 0 saturated carbocycles. The third-order valence-corrected chi connectivity index (χ3v) is 4.03. The van der Waals surface area contributed by atoms with Crippen molar-refractivity contribution >= 4 is 22.2 Å². The summed E-state index contributed by atoms with van der Waals surface area (Å²) in [6.07, 6.45) is 22.1. The van der Waals surface area contributed by atoms with Crippen molar-refractivity contribution in [1.29, 1.82) is 0 Å². The molecule has 0 aliphatic heterocycles. The number of halogens is 1. The third kappa shape index (κ3) is 17.9. The van der Waals surface area contributed by atoms with Crippen LogP contribution < -0.4 is 0 Å². The van der Waals surface area contributed by atoms with Gasteiger partial charge < -0.3 is 0 Å². The monoisotopic (exact) mass is 330 g/mol. The van der Waals surface area contributed by atoms with Crippen LogP contribution >= 0.6 is 15.9 Å². The summed E-state index contributed by atoms with van der Waals surface area (Å²) in [5.41, 5.74) is 0. The Kier molecular flexibility index (Phi) is 17.8. The lowest BCUT2D eigenvalue weighted by Crippen LogP contribution is -1.83. The van der Waals surface area contributed by atoms with E-state index in [9.17, 15) is 4.79 Å². The Morgan fingerprint density at radius 2 is 1.05 bits per heavy atom. The molecule has 0 radical (unpaired) electrons. The molecule has 0 unspecified atom stereocenters. The molecule has 2 heteroatoms. The maximum Gasteiger partial charge on any atom is 0.142 e. The van der Waals surface area contributed by atoms with E-state index in [0.29, 0.717) is 0 Å². The first-order valence-electron chi connectivity index (χ1n) is 8.08. The molecule has 0 aromatic heterocycles. The molecule has 0 spiro atoms. The smallest absolute Gasteiger partial charge is 0.142 e. The summed E-state index contributed by atoms with van der Waals surface area (Å²) in [6, 6.07) is 0. The van der Waals surface area contributed by atoms with Crippen molar-refractivity contribution in [2.75, 3.05) is 5.33 Å². The summed E-state index contributed by atoms with van der Waals surface area (Å²) in [4.78, 5) is 10.0. The van der Waals surface area contributed by atoms with Crippen molar-refractivity contribution in [2.24, 2.45) is 0 Å². The highest BCUT2D eigenvalue weighted by molar-refractivity contribution is 9.09. The minimum Gasteiger partial charge on any atom is -0.299 e. The molecule has 112 valence electrons. The van der Waals surface area contributed by atoms with Crippen molar-refractivity contribution in [3.05, 3.63) is 12.2 Å². The largest absolute Gasteiger partial charge is 0.299 e. The van der Waals surface area contributed by atoms with Crippen molar-refractivity contribution < 1.29 is 4.79 Å². The average molecular weight is 331 g/mol. The van der Waals surface area contributed by atoms with Gasteiger partial charge in [0.25, 0.3) is 0 Å². The van der Waals surface area contributed by atoms with Gasteiger partial charge in [0.2, 0.25) is 0 Å². The lowest BCUT2D eigenvalue weighted by molar-refractivity contribution is -0.104. The molecule has 0 amide bonds. The molecule has 0 atom stereocenters. The van der Waals surface area contributed by atoms with E-state index in [1.54, 1.807) is 6.08 Å². The topological polar surface area (TPSA) is 17.1 Å². The van der Waals surface area contributed by atoms with E-state index in [1.165, 1.54) is 77.0 Å². The SMILES string of the molecule is O=C/C=C/CCCCCCCCCCCCCCBr. The molecular weight excluding hydrogens is 300 g/mol. The fraction of sp³-hybridized carbons (Fsp3) is 0.824. The lowest BCUT2D eigenvalue weighted by Gasteiger charge is -2.02. The van der Waals surface area contributed by atoms with Crippen molar-refractivity contribution in [1.82, 2.24) is 0 Å². The Hall–Kier alpha value is -0.110. The zero-order valence-electron chi connectivity index (χ0n) is 12.4. The highest BCUT2D eigenvalue weighted by Crippen LogP contribution is 2.12. The maximum atomic E-state index is 10.0. The Labute approximate surface area is 128 Å². The first kappa shape index (κ1) is 18.9. The van der Waals surface area contributed by atoms with Crippen LogP contribution in [0, 0.1) is 0 Å². The predicted octanol–water partition coefficient (Wildman–Crippen LogP) is 6.21. The van der Waals surface area contributed by atoms with E-state index in [4.69, 9.17) is 0 Å². The van der Waals surface area contributed by atoms with Gasteiger partial charge in [0.15, 0.2) is 0 Å². The van der Waals surface area contributed by atoms with Crippen LogP contribution in [0.15, 0.2) is 12.2 Å². The summed E-state index contributed by atoms with van der Waals surface area (Å²) in [6.45, 7) is 0. The fourth-order valence-electron chi connectivity index (χ4n) is 2.28. The second-order valence-corrected chi connectivity index (χ2v) is 6.08. The first-order chi connectivity index (χ1) is 9.41. The number of carbonyl (C=O) groups is 1. The Morgan fingerprint density at radius 1 is 0.632 bits per heavy atom. The Bertz CT molecular complexity index is 201. The quantitative estimate of drug-likeness (QED) is 0.151. The van der Waals surface area contributed by atoms with Gasteiger partial charge in [0, 0.05) is 5.33 Å². The lowest BCUT2D eigenvalue weighted by atomic mass is 10.0. The summed E-state index contributed by atoms with van der Waals surface area (Å²) < 4.78 is 0. The van der Waals surface area contributed by atoms with Gasteiger partial charge in [-0.3, -0.25) is 4.79 Å². The number of hydrogen-bond acceptors (Lipinski definition) is 1. The van der Waals surface area contributed by atoms with Crippen LogP contribution in [0.2, 0.25) is 0 Å². The zero-order valence-corrected chi connectivity index (χ0v) is 14.0. The van der Waals surface area contributed by atoms with Gasteiger partial charge in [-0.1, -0.05) is 86.2 Å². The number of alkyl halides is 1. The fourth-order valence-corrected chi connectivity index (χ4v) is 2.67. The predicted molar refractivity (Wildman–Crippen MR) is 89.0 cm³/mol. The van der Waals surface area contributed by atoms with Crippen LogP contribution in [0.4, 0.5) is 0 Å². The van der Waals surface area contributed by atoms with Gasteiger partial charge in [0.1, 0.15) is 6.29 Å². The van der Waals surface area contributed by atoms with Crippen molar-refractivity contribution in [3.63, 3.8) is 0 Å². The number of carbonyl (C=O) groups excluding carboxylic acids is 1. The van der Waals surface area contributed by atoms with E-state index >= 15 is 0 Å².